The van der Waals surface area contributed by atoms with Crippen molar-refractivity contribution in [2.45, 2.75) is 105 Å². The van der Waals surface area contributed by atoms with Crippen molar-refractivity contribution in [1.82, 2.24) is 0 Å². The highest BCUT2D eigenvalue weighted by Gasteiger charge is 2.60. The summed E-state index contributed by atoms with van der Waals surface area (Å²) in [5.41, 5.74) is 14.4. The first-order valence-electron chi connectivity index (χ1n) is 18.2. The fourth-order valence-electron chi connectivity index (χ4n) is 8.50. The van der Waals surface area contributed by atoms with E-state index >= 15 is 0 Å². The summed E-state index contributed by atoms with van der Waals surface area (Å²) in [4.78, 5) is 0. The maximum absolute atomic E-state index is 2.92. The second-order valence-electron chi connectivity index (χ2n) is 16.2. The zero-order valence-corrected chi connectivity index (χ0v) is 33.4. The molecule has 0 amide bonds. The zero-order valence-electron chi connectivity index (χ0n) is 31.4. The molecule has 0 atom stereocenters. The van der Waals surface area contributed by atoms with Gasteiger partial charge in [-0.05, 0) is 93.6 Å². The average molecular weight is 669 g/mol. The molecule has 0 N–H and O–H groups in total. The van der Waals surface area contributed by atoms with Gasteiger partial charge >= 0.3 is 0 Å². The summed E-state index contributed by atoms with van der Waals surface area (Å²) in [5.74, 6) is 1.67. The quantitative estimate of drug-likeness (QED) is 0.172. The normalized spacial score (nSPS) is 17.2. The van der Waals surface area contributed by atoms with Crippen molar-refractivity contribution in [3.05, 3.63) is 141 Å². The molecule has 2 aliphatic heterocycles. The monoisotopic (exact) mass is 668 g/mol. The molecule has 4 aromatic carbocycles. The fraction of sp³-hybridized carbons (Fsp3) is 0.364. The van der Waals surface area contributed by atoms with Crippen LogP contribution in [-0.2, 0) is 0 Å². The fourth-order valence-corrected chi connectivity index (χ4v) is 17.4. The highest BCUT2D eigenvalue weighted by molar-refractivity contribution is 7.04. The van der Waals surface area contributed by atoms with E-state index in [4.69, 9.17) is 0 Å². The predicted molar refractivity (Wildman–Crippen MR) is 216 cm³/mol. The third kappa shape index (κ3) is 5.36. The number of fused-ring (bicyclic) bond motifs is 1. The Kier molecular flexibility index (Phi) is 9.06. The number of rotatable bonds is 8. The van der Waals surface area contributed by atoms with Crippen molar-refractivity contribution in [3.8, 4) is 0 Å². The first-order chi connectivity index (χ1) is 22.7. The molecule has 0 unspecified atom stereocenters. The molecule has 48 heavy (non-hydrogen) atoms. The van der Waals surface area contributed by atoms with Gasteiger partial charge in [0.2, 0.25) is 0 Å². The minimum absolute atomic E-state index is 0.418. The lowest BCUT2D eigenvalue weighted by molar-refractivity contribution is 0.833. The first kappa shape index (κ1) is 34.3. The summed E-state index contributed by atoms with van der Waals surface area (Å²) in [7, 11) is -4.81. The van der Waals surface area contributed by atoms with Gasteiger partial charge < -0.3 is 9.13 Å². The molecule has 0 saturated carbocycles. The summed E-state index contributed by atoms with van der Waals surface area (Å²) < 4.78 is 5.84. The van der Waals surface area contributed by atoms with Crippen LogP contribution in [0.15, 0.2) is 107 Å². The van der Waals surface area contributed by atoms with Gasteiger partial charge in [0.1, 0.15) is 0 Å². The molecule has 0 aromatic heterocycles. The molecule has 4 heteroatoms. The lowest BCUT2D eigenvalue weighted by Crippen LogP contribution is -2.48. The van der Waals surface area contributed by atoms with Crippen LogP contribution >= 0.6 is 0 Å². The summed E-state index contributed by atoms with van der Waals surface area (Å²) in [6, 6.07) is 36.9. The number of allylic oxidation sites excluding steroid dienone is 2. The predicted octanol–water partition coefficient (Wildman–Crippen LogP) is 12.8. The Bertz CT molecular complexity index is 1690. The summed E-state index contributed by atoms with van der Waals surface area (Å²) in [6.07, 6.45) is 0. The van der Waals surface area contributed by atoms with Crippen LogP contribution in [0, 0.1) is 0 Å². The molecule has 0 fully saturated rings. The van der Waals surface area contributed by atoms with Crippen molar-refractivity contribution < 1.29 is 0 Å². The topological polar surface area (TPSA) is 6.48 Å². The number of para-hydroxylation sites is 2. The van der Waals surface area contributed by atoms with Gasteiger partial charge in [-0.15, -0.1) is 0 Å². The first-order valence-corrected chi connectivity index (χ1v) is 24.1. The van der Waals surface area contributed by atoms with Crippen LogP contribution in [0.25, 0.3) is 11.4 Å². The number of hydrogen-bond acceptors (Lipinski definition) is 2. The van der Waals surface area contributed by atoms with E-state index in [0.717, 1.165) is 0 Å². The Labute approximate surface area is 293 Å². The second-order valence-corrected chi connectivity index (χ2v) is 24.3. The van der Waals surface area contributed by atoms with Crippen molar-refractivity contribution in [2.75, 3.05) is 9.13 Å². The Morgan fingerprint density at radius 2 is 0.646 bits per heavy atom. The molecule has 0 spiro atoms. The lowest BCUT2D eigenvalue weighted by Gasteiger charge is -2.43. The van der Waals surface area contributed by atoms with Crippen LogP contribution in [0.4, 0.5) is 11.4 Å². The van der Waals surface area contributed by atoms with Crippen LogP contribution in [0.5, 0.6) is 0 Å². The molecule has 0 radical (unpaired) electrons. The molecule has 0 aliphatic carbocycles. The Balaban J connectivity index is 1.82. The highest BCUT2D eigenvalue weighted by atomic mass is 28.3. The van der Waals surface area contributed by atoms with E-state index in [1.807, 2.05) is 0 Å². The van der Waals surface area contributed by atoms with Gasteiger partial charge in [0, 0.05) is 22.8 Å². The number of nitrogens with zero attached hydrogens (tertiary/aromatic N) is 2. The molecular formula is C44H56N2Si2. The van der Waals surface area contributed by atoms with Crippen LogP contribution < -0.4 is 9.13 Å². The largest absolute Gasteiger partial charge is 0.364 e. The number of benzene rings is 4. The minimum Gasteiger partial charge on any atom is -0.364 e. The van der Waals surface area contributed by atoms with E-state index in [0.29, 0.717) is 23.7 Å². The van der Waals surface area contributed by atoms with Gasteiger partial charge in [0.25, 0.3) is 0 Å². The van der Waals surface area contributed by atoms with Gasteiger partial charge in [-0.2, -0.15) is 0 Å². The summed E-state index contributed by atoms with van der Waals surface area (Å²) in [5, 5.41) is 3.26. The molecule has 2 aliphatic rings. The van der Waals surface area contributed by atoms with Gasteiger partial charge in [-0.3, -0.25) is 0 Å². The van der Waals surface area contributed by atoms with E-state index in [1.54, 1.807) is 10.4 Å². The third-order valence-electron chi connectivity index (χ3n) is 10.7. The number of hydrogen-bond donors (Lipinski definition) is 0. The standard InChI is InChI=1S/C44H56N2Si2/c1-29(2)35-25-19-26-36(30(3)4)41(35)45-39(33-21-15-13-16-22-33)43-44(47(45,9)10)40(34-23-17-14-18-24-34)46(48(43,11)12)42-37(31(5)6)27-20-28-38(42)32(7)8/h13-32H,1-12H3. The number of anilines is 2. The van der Waals surface area contributed by atoms with Crippen molar-refractivity contribution in [1.29, 1.82) is 0 Å². The van der Waals surface area contributed by atoms with Gasteiger partial charge in [-0.1, -0.05) is 152 Å². The highest BCUT2D eigenvalue weighted by Crippen LogP contribution is 2.60. The van der Waals surface area contributed by atoms with Crippen LogP contribution in [0.3, 0.4) is 0 Å². The molecule has 0 bridgehead atoms. The van der Waals surface area contributed by atoms with Crippen LogP contribution in [-0.4, -0.2) is 16.5 Å². The maximum Gasteiger partial charge on any atom is 0.189 e. The van der Waals surface area contributed by atoms with Crippen LogP contribution in [0.1, 0.15) is 112 Å². The van der Waals surface area contributed by atoms with E-state index in [9.17, 15) is 0 Å². The molecule has 4 aromatic rings. The molecule has 0 saturated heterocycles. The minimum atomic E-state index is -2.41. The van der Waals surface area contributed by atoms with Crippen LogP contribution in [0.2, 0.25) is 26.2 Å². The summed E-state index contributed by atoms with van der Waals surface area (Å²) in [6.45, 7) is 29.5. The average Bonchev–Trinajstić information content (AvgIpc) is 3.45. The van der Waals surface area contributed by atoms with Gasteiger partial charge in [0.15, 0.2) is 16.5 Å². The Hall–Kier alpha value is -3.61. The maximum atomic E-state index is 2.92. The van der Waals surface area contributed by atoms with Gasteiger partial charge in [0.05, 0.1) is 0 Å². The van der Waals surface area contributed by atoms with Gasteiger partial charge in [-0.25, -0.2) is 0 Å². The van der Waals surface area contributed by atoms with Crippen molar-refractivity contribution in [3.63, 3.8) is 0 Å². The van der Waals surface area contributed by atoms with E-state index < -0.39 is 16.5 Å². The molecular weight excluding hydrogens is 613 g/mol. The lowest BCUT2D eigenvalue weighted by atomic mass is 9.92. The second kappa shape index (κ2) is 12.7. The molecule has 6 rings (SSSR count). The smallest absolute Gasteiger partial charge is 0.189 e. The molecule has 250 valence electrons. The van der Waals surface area contributed by atoms with Crippen molar-refractivity contribution in [2.24, 2.45) is 0 Å². The third-order valence-corrected chi connectivity index (χ3v) is 17.5. The molecule has 2 heterocycles. The van der Waals surface area contributed by atoms with E-state index in [2.05, 4.69) is 188 Å². The van der Waals surface area contributed by atoms with E-state index in [-0.39, 0.29) is 0 Å². The Morgan fingerprint density at radius 1 is 0.375 bits per heavy atom. The Morgan fingerprint density at radius 3 is 0.896 bits per heavy atom. The molecule has 2 nitrogen and oxygen atoms in total. The van der Waals surface area contributed by atoms with Crippen molar-refractivity contribution >= 4 is 39.2 Å². The summed E-state index contributed by atoms with van der Waals surface area (Å²) >= 11 is 0. The van der Waals surface area contributed by atoms with E-state index in [1.165, 1.54) is 56.1 Å². The SMILES string of the molecule is CC(C)c1cccc(C(C)C)c1N1C(c2ccccc2)=C2C(=C(c3ccccc3)N(c3c(C(C)C)cccc3C(C)C)[Si]2(C)C)[Si]1(C)C. The zero-order chi connectivity index (χ0) is 34.7.